The van der Waals surface area contributed by atoms with Crippen LogP contribution in [0.1, 0.15) is 39.2 Å². The lowest BCUT2D eigenvalue weighted by Gasteiger charge is -2.16. The molecule has 2 aromatic carbocycles. The van der Waals surface area contributed by atoms with Crippen LogP contribution in [0.2, 0.25) is 0 Å². The first-order valence-corrected chi connectivity index (χ1v) is 10.2. The molecule has 1 aliphatic rings. The normalized spacial score (nSPS) is 13.0. The standard InChI is InChI=1S/C20H18N2O2.C2H4F2.C2H6/c1-13-5-2-3-6-16(13)18-11-14-8-9-15(12-17(14)20(24)21-18)22-10-4-7-19(22)23;1-2(3)4;1-2/h2-3,5-6,8-9,11-12H,4,7,10H2,1H3,(H,21,24);2H,1H3;1-2H3. The second-order valence-electron chi connectivity index (χ2n) is 6.77. The van der Waals surface area contributed by atoms with Gasteiger partial charge in [0, 0.05) is 35.3 Å². The number of nitrogens with zero attached hydrogens (tertiary/aromatic N) is 1. The number of pyridine rings is 1. The highest BCUT2D eigenvalue weighted by atomic mass is 19.3. The van der Waals surface area contributed by atoms with Crippen molar-refractivity contribution >= 4 is 22.4 Å². The first-order valence-electron chi connectivity index (χ1n) is 10.2. The van der Waals surface area contributed by atoms with Gasteiger partial charge in [0.05, 0.1) is 0 Å². The third-order valence-corrected chi connectivity index (χ3v) is 4.65. The number of H-pyrrole nitrogens is 1. The van der Waals surface area contributed by atoms with Crippen LogP contribution in [0.5, 0.6) is 0 Å². The summed E-state index contributed by atoms with van der Waals surface area (Å²) in [6.45, 7) is 7.59. The Morgan fingerprint density at radius 3 is 2.30 bits per heavy atom. The lowest BCUT2D eigenvalue weighted by molar-refractivity contribution is -0.117. The van der Waals surface area contributed by atoms with Crippen molar-refractivity contribution in [3.63, 3.8) is 0 Å². The Kier molecular flexibility index (Phi) is 8.27. The topological polar surface area (TPSA) is 53.2 Å². The Balaban J connectivity index is 0.000000481. The van der Waals surface area contributed by atoms with Gasteiger partial charge < -0.3 is 9.88 Å². The van der Waals surface area contributed by atoms with Gasteiger partial charge in [-0.2, -0.15) is 0 Å². The molecule has 1 amide bonds. The van der Waals surface area contributed by atoms with E-state index < -0.39 is 6.43 Å². The van der Waals surface area contributed by atoms with E-state index in [0.717, 1.165) is 47.8 Å². The molecule has 0 bridgehead atoms. The fourth-order valence-electron chi connectivity index (χ4n) is 3.36. The van der Waals surface area contributed by atoms with Crippen molar-refractivity contribution < 1.29 is 13.6 Å². The van der Waals surface area contributed by atoms with Crippen LogP contribution in [0, 0.1) is 6.92 Å². The summed E-state index contributed by atoms with van der Waals surface area (Å²) in [5.74, 6) is 0.127. The van der Waals surface area contributed by atoms with E-state index in [2.05, 4.69) is 4.98 Å². The van der Waals surface area contributed by atoms with Gasteiger partial charge >= 0.3 is 0 Å². The number of benzene rings is 2. The molecule has 30 heavy (non-hydrogen) atoms. The van der Waals surface area contributed by atoms with Gasteiger partial charge in [0.2, 0.25) is 12.3 Å². The molecule has 6 heteroatoms. The van der Waals surface area contributed by atoms with Gasteiger partial charge in [0.15, 0.2) is 0 Å². The number of aryl methyl sites for hydroxylation is 1. The van der Waals surface area contributed by atoms with Crippen LogP contribution < -0.4 is 10.5 Å². The van der Waals surface area contributed by atoms with Crippen molar-refractivity contribution in [2.45, 2.75) is 47.0 Å². The third kappa shape index (κ3) is 5.53. The van der Waals surface area contributed by atoms with Gasteiger partial charge in [-0.1, -0.05) is 44.2 Å². The summed E-state index contributed by atoms with van der Waals surface area (Å²) in [4.78, 5) is 29.2. The van der Waals surface area contributed by atoms with Crippen molar-refractivity contribution in [1.82, 2.24) is 4.98 Å². The number of aromatic nitrogens is 1. The quantitative estimate of drug-likeness (QED) is 0.565. The summed E-state index contributed by atoms with van der Waals surface area (Å²) >= 11 is 0. The lowest BCUT2D eigenvalue weighted by atomic mass is 10.0. The van der Waals surface area contributed by atoms with Gasteiger partial charge in [0.25, 0.3) is 5.56 Å². The number of nitrogens with one attached hydrogen (secondary N) is 1. The number of aromatic amines is 1. The Hall–Kier alpha value is -3.02. The van der Waals surface area contributed by atoms with Crippen LogP contribution in [0.3, 0.4) is 0 Å². The highest BCUT2D eigenvalue weighted by Crippen LogP contribution is 2.27. The van der Waals surface area contributed by atoms with Gasteiger partial charge in [-0.05, 0) is 49.4 Å². The monoisotopic (exact) mass is 414 g/mol. The molecule has 4 nitrogen and oxygen atoms in total. The van der Waals surface area contributed by atoms with Crippen molar-refractivity contribution in [1.29, 1.82) is 0 Å². The number of fused-ring (bicyclic) bond motifs is 1. The second-order valence-corrected chi connectivity index (χ2v) is 6.77. The number of hydrogen-bond acceptors (Lipinski definition) is 2. The number of rotatable bonds is 2. The summed E-state index contributed by atoms with van der Waals surface area (Å²) in [7, 11) is 0. The molecule has 1 aromatic heterocycles. The summed E-state index contributed by atoms with van der Waals surface area (Å²) < 4.78 is 20.7. The van der Waals surface area contributed by atoms with Crippen LogP contribution in [-0.4, -0.2) is 23.9 Å². The fraction of sp³-hybridized carbons (Fsp3) is 0.333. The van der Waals surface area contributed by atoms with E-state index in [1.165, 1.54) is 0 Å². The first-order chi connectivity index (χ1) is 14.4. The molecule has 1 saturated heterocycles. The Morgan fingerprint density at radius 1 is 1.03 bits per heavy atom. The van der Waals surface area contributed by atoms with Gasteiger partial charge in [-0.15, -0.1) is 0 Å². The molecule has 1 fully saturated rings. The maximum absolute atomic E-state index is 12.6. The van der Waals surface area contributed by atoms with Crippen molar-refractivity contribution in [3.8, 4) is 11.3 Å². The molecular formula is C24H28F2N2O2. The van der Waals surface area contributed by atoms with Gasteiger partial charge in [-0.25, -0.2) is 8.78 Å². The molecule has 0 unspecified atom stereocenters. The van der Waals surface area contributed by atoms with E-state index in [1.807, 2.05) is 69.3 Å². The van der Waals surface area contributed by atoms with Gasteiger partial charge in [-0.3, -0.25) is 9.59 Å². The molecule has 4 rings (SSSR count). The summed E-state index contributed by atoms with van der Waals surface area (Å²) in [6, 6.07) is 15.6. The summed E-state index contributed by atoms with van der Waals surface area (Å²) in [5.41, 5.74) is 3.64. The van der Waals surface area contributed by atoms with Crippen LogP contribution in [0.15, 0.2) is 53.3 Å². The zero-order chi connectivity index (χ0) is 22.3. The molecule has 1 N–H and O–H groups in total. The number of alkyl halides is 2. The van der Waals surface area contributed by atoms with E-state index >= 15 is 0 Å². The van der Waals surface area contributed by atoms with E-state index in [4.69, 9.17) is 0 Å². The molecule has 0 saturated carbocycles. The van der Waals surface area contributed by atoms with Crippen molar-refractivity contribution in [3.05, 3.63) is 64.4 Å². The second kappa shape index (κ2) is 10.7. The highest BCUT2D eigenvalue weighted by Gasteiger charge is 2.22. The number of amides is 1. The number of carbonyl (C=O) groups is 1. The molecule has 2 heterocycles. The predicted molar refractivity (Wildman–Crippen MR) is 119 cm³/mol. The SMILES string of the molecule is CC.CC(F)F.Cc1ccccc1-c1cc2ccc(N3CCCC3=O)cc2c(=O)[nH]1. The summed E-state index contributed by atoms with van der Waals surface area (Å²) in [6.07, 6.45) is -0.708. The number of carbonyl (C=O) groups excluding carboxylic acids is 1. The maximum Gasteiger partial charge on any atom is 0.256 e. The minimum atomic E-state index is -2.17. The van der Waals surface area contributed by atoms with Crippen LogP contribution >= 0.6 is 0 Å². The van der Waals surface area contributed by atoms with Crippen molar-refractivity contribution in [2.24, 2.45) is 0 Å². The average Bonchev–Trinajstić information content (AvgIpc) is 3.15. The number of anilines is 1. The lowest BCUT2D eigenvalue weighted by Crippen LogP contribution is -2.23. The molecule has 0 spiro atoms. The van der Waals surface area contributed by atoms with E-state index in [1.54, 1.807) is 4.90 Å². The molecular weight excluding hydrogens is 386 g/mol. The third-order valence-electron chi connectivity index (χ3n) is 4.65. The largest absolute Gasteiger partial charge is 0.321 e. The molecule has 0 atom stereocenters. The number of hydrogen-bond donors (Lipinski definition) is 1. The zero-order valence-corrected chi connectivity index (χ0v) is 17.8. The van der Waals surface area contributed by atoms with Crippen LogP contribution in [0.25, 0.3) is 22.0 Å². The Bertz CT molecular complexity index is 1060. The Labute approximate surface area is 175 Å². The maximum atomic E-state index is 12.6. The zero-order valence-electron chi connectivity index (χ0n) is 17.8. The van der Waals surface area contributed by atoms with Crippen molar-refractivity contribution in [2.75, 3.05) is 11.4 Å². The summed E-state index contributed by atoms with van der Waals surface area (Å²) in [5, 5.41) is 1.50. The average molecular weight is 414 g/mol. The predicted octanol–water partition coefficient (Wildman–Crippen LogP) is 5.93. The van der Waals surface area contributed by atoms with Crippen LogP contribution in [0.4, 0.5) is 14.5 Å². The fourth-order valence-corrected chi connectivity index (χ4v) is 3.36. The van der Waals surface area contributed by atoms with E-state index in [9.17, 15) is 18.4 Å². The molecule has 160 valence electrons. The number of halogens is 2. The minimum absolute atomic E-state index is 0.126. The van der Waals surface area contributed by atoms with E-state index in [0.29, 0.717) is 11.8 Å². The minimum Gasteiger partial charge on any atom is -0.321 e. The molecule has 1 aliphatic heterocycles. The molecule has 3 aromatic rings. The van der Waals surface area contributed by atoms with Gasteiger partial charge in [0.1, 0.15) is 0 Å². The van der Waals surface area contributed by atoms with Crippen LogP contribution in [-0.2, 0) is 4.79 Å². The van der Waals surface area contributed by atoms with E-state index in [-0.39, 0.29) is 11.5 Å². The first kappa shape index (κ1) is 23.3. The Morgan fingerprint density at radius 2 is 1.70 bits per heavy atom. The highest BCUT2D eigenvalue weighted by molar-refractivity contribution is 5.98. The molecule has 0 radical (unpaired) electrons. The molecule has 0 aliphatic carbocycles. The smallest absolute Gasteiger partial charge is 0.256 e.